The largest absolute Gasteiger partial charge is 0.588 e. The van der Waals surface area contributed by atoms with Crippen LogP contribution < -0.4 is 9.62 Å². The van der Waals surface area contributed by atoms with Crippen molar-refractivity contribution in [1.29, 1.82) is 0 Å². The van der Waals surface area contributed by atoms with Gasteiger partial charge in [-0.3, -0.25) is 4.79 Å². The molecule has 0 fully saturated rings. The molecule has 3 aromatic rings. The molecule has 3 rings (SSSR count). The van der Waals surface area contributed by atoms with Crippen LogP contribution in [0.1, 0.15) is 10.6 Å². The molecular weight excluding hydrogens is 331 g/mol. The van der Waals surface area contributed by atoms with Crippen LogP contribution in [0.4, 0.5) is 10.1 Å². The Morgan fingerprint density at radius 3 is 2.67 bits per heavy atom. The van der Waals surface area contributed by atoms with Crippen molar-refractivity contribution < 1.29 is 18.2 Å². The van der Waals surface area contributed by atoms with Crippen LogP contribution in [-0.4, -0.2) is 24.6 Å². The van der Waals surface area contributed by atoms with Crippen molar-refractivity contribution >= 4 is 33.9 Å². The van der Waals surface area contributed by atoms with Gasteiger partial charge in [0.05, 0.1) is 0 Å². The summed E-state index contributed by atoms with van der Waals surface area (Å²) in [6.07, 6.45) is 0. The lowest BCUT2D eigenvalue weighted by molar-refractivity contribution is 0.0956. The quantitative estimate of drug-likeness (QED) is 0.737. The summed E-state index contributed by atoms with van der Waals surface area (Å²) in [6, 6.07) is 12.7. The highest BCUT2D eigenvalue weighted by Gasteiger charge is 2.23. The molecule has 7 heteroatoms. The highest BCUT2D eigenvalue weighted by atomic mass is 32.2. The van der Waals surface area contributed by atoms with E-state index in [9.17, 15) is 13.7 Å². The van der Waals surface area contributed by atoms with Gasteiger partial charge >= 0.3 is 5.91 Å². The lowest BCUT2D eigenvalue weighted by atomic mass is 10.2. The van der Waals surface area contributed by atoms with Crippen LogP contribution in [-0.2, 0) is 11.4 Å². The zero-order valence-corrected chi connectivity index (χ0v) is 13.9. The number of fused-ring (bicyclic) bond motifs is 1. The van der Waals surface area contributed by atoms with Gasteiger partial charge in [0.2, 0.25) is 4.90 Å². The van der Waals surface area contributed by atoms with Crippen molar-refractivity contribution in [1.82, 2.24) is 4.72 Å². The summed E-state index contributed by atoms with van der Waals surface area (Å²) < 4.78 is 33.5. The Labute approximate surface area is 141 Å². The fourth-order valence-corrected chi connectivity index (χ4v) is 3.02. The van der Waals surface area contributed by atoms with E-state index in [0.717, 1.165) is 11.1 Å². The number of furan rings is 1. The van der Waals surface area contributed by atoms with Crippen LogP contribution in [0.5, 0.6) is 0 Å². The third-order valence-corrected chi connectivity index (χ3v) is 4.57. The van der Waals surface area contributed by atoms with Crippen LogP contribution in [0.15, 0.2) is 57.8 Å². The van der Waals surface area contributed by atoms with E-state index in [2.05, 4.69) is 4.72 Å². The first-order valence-electron chi connectivity index (χ1n) is 7.14. The third kappa shape index (κ3) is 3.22. The Kier molecular flexibility index (Phi) is 4.46. The predicted octanol–water partition coefficient (Wildman–Crippen LogP) is 3.09. The zero-order chi connectivity index (χ0) is 17.3. The van der Waals surface area contributed by atoms with Gasteiger partial charge in [-0.2, -0.15) is 4.72 Å². The molecule has 0 aliphatic rings. The number of carbonyl (C=O) groups is 1. The van der Waals surface area contributed by atoms with Gasteiger partial charge in [0, 0.05) is 31.2 Å². The van der Waals surface area contributed by atoms with E-state index in [1.807, 2.05) is 31.1 Å². The molecule has 0 spiro atoms. The molecule has 2 aromatic carbocycles. The number of benzene rings is 2. The van der Waals surface area contributed by atoms with E-state index in [1.54, 1.807) is 18.2 Å². The Morgan fingerprint density at radius 2 is 1.96 bits per heavy atom. The van der Waals surface area contributed by atoms with Gasteiger partial charge in [-0.25, -0.2) is 4.39 Å². The SMILES string of the molecule is CN(C)c1ccc2cc(C(=O)N[S+]([O-])c3ccccc3F)oc2c1. The fourth-order valence-electron chi connectivity index (χ4n) is 2.19. The van der Waals surface area contributed by atoms with E-state index in [4.69, 9.17) is 4.42 Å². The number of amides is 1. The van der Waals surface area contributed by atoms with E-state index in [0.29, 0.717) is 5.58 Å². The Balaban J connectivity index is 1.82. The average molecular weight is 346 g/mol. The summed E-state index contributed by atoms with van der Waals surface area (Å²) in [5.74, 6) is -1.29. The molecule has 1 N–H and O–H groups in total. The number of halogens is 1. The molecule has 1 atom stereocenters. The molecule has 0 aliphatic carbocycles. The second-order valence-corrected chi connectivity index (χ2v) is 6.54. The molecule has 0 radical (unpaired) electrons. The van der Waals surface area contributed by atoms with Crippen molar-refractivity contribution in [3.8, 4) is 0 Å². The number of nitrogens with zero attached hydrogens (tertiary/aromatic N) is 1. The maximum Gasteiger partial charge on any atom is 0.328 e. The number of hydrogen-bond donors (Lipinski definition) is 1. The summed E-state index contributed by atoms with van der Waals surface area (Å²) in [5.41, 5.74) is 1.47. The molecule has 1 aromatic heterocycles. The Morgan fingerprint density at radius 1 is 1.21 bits per heavy atom. The Bertz CT molecular complexity index is 894. The highest BCUT2D eigenvalue weighted by Crippen LogP contribution is 2.24. The van der Waals surface area contributed by atoms with Crippen molar-refractivity contribution in [3.05, 3.63) is 60.1 Å². The number of rotatable bonds is 4. The number of carbonyl (C=O) groups excluding carboxylic acids is 1. The molecule has 5 nitrogen and oxygen atoms in total. The average Bonchev–Trinajstić information content (AvgIpc) is 2.98. The maximum absolute atomic E-state index is 13.6. The Hall–Kier alpha value is -2.51. The molecule has 0 saturated heterocycles. The van der Waals surface area contributed by atoms with E-state index in [1.165, 1.54) is 18.2 Å². The van der Waals surface area contributed by atoms with Gasteiger partial charge in [-0.1, -0.05) is 12.1 Å². The van der Waals surface area contributed by atoms with Crippen LogP contribution >= 0.6 is 0 Å². The molecule has 1 heterocycles. The topological polar surface area (TPSA) is 68.5 Å². The number of anilines is 1. The van der Waals surface area contributed by atoms with Crippen LogP contribution in [0.25, 0.3) is 11.0 Å². The number of nitrogens with one attached hydrogen (secondary N) is 1. The van der Waals surface area contributed by atoms with Crippen LogP contribution in [0, 0.1) is 5.82 Å². The molecule has 124 valence electrons. The van der Waals surface area contributed by atoms with Gasteiger partial charge < -0.3 is 13.9 Å². The lowest BCUT2D eigenvalue weighted by Crippen LogP contribution is -2.30. The van der Waals surface area contributed by atoms with Gasteiger partial charge in [-0.15, -0.1) is 0 Å². The smallest absolute Gasteiger partial charge is 0.328 e. The molecule has 1 unspecified atom stereocenters. The fraction of sp³-hybridized carbons (Fsp3) is 0.118. The maximum atomic E-state index is 13.6. The van der Waals surface area contributed by atoms with Crippen molar-refractivity contribution in [2.45, 2.75) is 4.90 Å². The lowest BCUT2D eigenvalue weighted by Gasteiger charge is -2.11. The van der Waals surface area contributed by atoms with Gasteiger partial charge in [0.15, 0.2) is 11.6 Å². The summed E-state index contributed by atoms with van der Waals surface area (Å²) in [7, 11) is 3.80. The predicted molar refractivity (Wildman–Crippen MR) is 90.8 cm³/mol. The summed E-state index contributed by atoms with van der Waals surface area (Å²) >= 11 is -2.00. The third-order valence-electron chi connectivity index (χ3n) is 3.47. The molecule has 0 saturated carbocycles. The standard InChI is InChI=1S/C17H15FN2O3S/c1-20(2)12-8-7-11-9-15(23-14(11)10-12)17(21)19-24(22)16-6-4-3-5-13(16)18/h3-10H,1-2H3,(H,19,21). The molecule has 0 bridgehead atoms. The van der Waals surface area contributed by atoms with E-state index >= 15 is 0 Å². The molecule has 1 amide bonds. The first kappa shape index (κ1) is 16.4. The summed E-state index contributed by atoms with van der Waals surface area (Å²) in [4.78, 5) is 14.0. The second-order valence-electron chi connectivity index (χ2n) is 5.36. The van der Waals surface area contributed by atoms with Gasteiger partial charge in [0.1, 0.15) is 16.9 Å². The van der Waals surface area contributed by atoms with Crippen LogP contribution in [0.2, 0.25) is 0 Å². The second kappa shape index (κ2) is 6.54. The molecule has 24 heavy (non-hydrogen) atoms. The first-order valence-corrected chi connectivity index (χ1v) is 8.29. The molecule has 0 aliphatic heterocycles. The van der Waals surface area contributed by atoms with Crippen LogP contribution in [0.3, 0.4) is 0 Å². The van der Waals surface area contributed by atoms with Gasteiger partial charge in [-0.05, 0) is 30.3 Å². The minimum atomic E-state index is -2.00. The summed E-state index contributed by atoms with van der Waals surface area (Å²) in [6.45, 7) is 0. The molecular formula is C17H15FN2O3S. The highest BCUT2D eigenvalue weighted by molar-refractivity contribution is 7.90. The monoisotopic (exact) mass is 346 g/mol. The first-order chi connectivity index (χ1) is 11.5. The minimum Gasteiger partial charge on any atom is -0.588 e. The normalized spacial score (nSPS) is 12.2. The minimum absolute atomic E-state index is 0.0191. The number of hydrogen-bond acceptors (Lipinski definition) is 4. The van der Waals surface area contributed by atoms with E-state index < -0.39 is 23.1 Å². The van der Waals surface area contributed by atoms with Gasteiger partial charge in [0.25, 0.3) is 0 Å². The summed E-state index contributed by atoms with van der Waals surface area (Å²) in [5, 5.41) is 0.752. The van der Waals surface area contributed by atoms with Crippen molar-refractivity contribution in [3.63, 3.8) is 0 Å². The van der Waals surface area contributed by atoms with Crippen molar-refractivity contribution in [2.24, 2.45) is 0 Å². The van der Waals surface area contributed by atoms with E-state index in [-0.39, 0.29) is 10.7 Å². The van der Waals surface area contributed by atoms with Crippen molar-refractivity contribution in [2.75, 3.05) is 19.0 Å². The zero-order valence-electron chi connectivity index (χ0n) is 13.1.